The number of esters is 1. The van der Waals surface area contributed by atoms with Crippen molar-refractivity contribution in [1.29, 1.82) is 0 Å². The van der Waals surface area contributed by atoms with Crippen LogP contribution >= 0.6 is 0 Å². The molecule has 0 heterocycles. The zero-order valence-corrected chi connectivity index (χ0v) is 15.6. The third-order valence-electron chi connectivity index (χ3n) is 3.52. The second kappa shape index (κ2) is 9.81. The largest absolute Gasteiger partial charge is 0.482 e. The molecule has 6 nitrogen and oxygen atoms in total. The number of nitro benzene ring substituents is 1. The standard InChI is InChI=1S/C19H27NO5/c1-6-24-19(21)12-25-16-7-8-17(18(11-16)20(22)23)15(9-13(2)3)10-14(4)5/h7-9,11,14-15H,6,10,12H2,1-5H3. The first-order valence-electron chi connectivity index (χ1n) is 8.46. The van der Waals surface area contributed by atoms with E-state index < -0.39 is 10.9 Å². The van der Waals surface area contributed by atoms with Gasteiger partial charge in [-0.05, 0) is 45.2 Å². The summed E-state index contributed by atoms with van der Waals surface area (Å²) in [6.07, 6.45) is 2.87. The summed E-state index contributed by atoms with van der Waals surface area (Å²) in [6.45, 7) is 9.85. The topological polar surface area (TPSA) is 78.7 Å². The van der Waals surface area contributed by atoms with Gasteiger partial charge in [0.25, 0.3) is 5.69 Å². The van der Waals surface area contributed by atoms with E-state index in [-0.39, 0.29) is 30.6 Å². The number of rotatable bonds is 9. The van der Waals surface area contributed by atoms with Crippen LogP contribution in [0, 0.1) is 16.0 Å². The van der Waals surface area contributed by atoms with E-state index in [0.29, 0.717) is 11.5 Å². The normalized spacial score (nSPS) is 11.8. The number of nitro groups is 1. The minimum Gasteiger partial charge on any atom is -0.482 e. The van der Waals surface area contributed by atoms with E-state index in [2.05, 4.69) is 19.9 Å². The summed E-state index contributed by atoms with van der Waals surface area (Å²) >= 11 is 0. The van der Waals surface area contributed by atoms with Crippen LogP contribution in [0.3, 0.4) is 0 Å². The van der Waals surface area contributed by atoms with Gasteiger partial charge in [0.2, 0.25) is 0 Å². The van der Waals surface area contributed by atoms with E-state index in [9.17, 15) is 14.9 Å². The average molecular weight is 349 g/mol. The van der Waals surface area contributed by atoms with Crippen molar-refractivity contribution in [2.45, 2.75) is 47.0 Å². The molecular weight excluding hydrogens is 322 g/mol. The second-order valence-electron chi connectivity index (χ2n) is 6.55. The van der Waals surface area contributed by atoms with Crippen molar-refractivity contribution in [2.75, 3.05) is 13.2 Å². The third-order valence-corrected chi connectivity index (χ3v) is 3.52. The van der Waals surface area contributed by atoms with E-state index in [1.54, 1.807) is 19.1 Å². The fourth-order valence-electron chi connectivity index (χ4n) is 2.62. The van der Waals surface area contributed by atoms with Gasteiger partial charge >= 0.3 is 5.97 Å². The molecule has 138 valence electrons. The van der Waals surface area contributed by atoms with Gasteiger partial charge in [0, 0.05) is 11.5 Å². The van der Waals surface area contributed by atoms with Crippen LogP contribution in [0.5, 0.6) is 5.75 Å². The van der Waals surface area contributed by atoms with Gasteiger partial charge in [-0.2, -0.15) is 0 Å². The van der Waals surface area contributed by atoms with Gasteiger partial charge in [-0.3, -0.25) is 10.1 Å². The summed E-state index contributed by atoms with van der Waals surface area (Å²) in [5, 5.41) is 11.5. The molecule has 0 fully saturated rings. The highest BCUT2D eigenvalue weighted by molar-refractivity contribution is 5.71. The molecule has 1 rings (SSSR count). The number of hydrogen-bond donors (Lipinski definition) is 0. The van der Waals surface area contributed by atoms with Crippen molar-refractivity contribution in [3.63, 3.8) is 0 Å². The van der Waals surface area contributed by atoms with Crippen LogP contribution < -0.4 is 4.74 Å². The van der Waals surface area contributed by atoms with Gasteiger partial charge in [-0.25, -0.2) is 4.79 Å². The summed E-state index contributed by atoms with van der Waals surface area (Å²) in [7, 11) is 0. The van der Waals surface area contributed by atoms with Gasteiger partial charge in [0.05, 0.1) is 17.6 Å². The Morgan fingerprint density at radius 2 is 2.00 bits per heavy atom. The highest BCUT2D eigenvalue weighted by atomic mass is 16.6. The molecule has 0 N–H and O–H groups in total. The van der Waals surface area contributed by atoms with Crippen LogP contribution in [-0.2, 0) is 9.53 Å². The first-order chi connectivity index (χ1) is 11.7. The maximum absolute atomic E-state index is 11.5. The van der Waals surface area contributed by atoms with E-state index in [4.69, 9.17) is 9.47 Å². The number of carbonyl (C=O) groups excluding carboxylic acids is 1. The highest BCUT2D eigenvalue weighted by Gasteiger charge is 2.22. The van der Waals surface area contributed by atoms with Crippen LogP contribution in [0.1, 0.15) is 52.5 Å². The zero-order chi connectivity index (χ0) is 19.0. The summed E-state index contributed by atoms with van der Waals surface area (Å²) in [6, 6.07) is 4.75. The average Bonchev–Trinajstić information content (AvgIpc) is 2.51. The number of ether oxygens (including phenoxy) is 2. The summed E-state index contributed by atoms with van der Waals surface area (Å²) in [5.74, 6) is 0.143. The van der Waals surface area contributed by atoms with Crippen LogP contribution in [0.2, 0.25) is 0 Å². The minimum atomic E-state index is -0.503. The number of hydrogen-bond acceptors (Lipinski definition) is 5. The zero-order valence-electron chi connectivity index (χ0n) is 15.6. The van der Waals surface area contributed by atoms with E-state index in [1.165, 1.54) is 6.07 Å². The molecule has 25 heavy (non-hydrogen) atoms. The Balaban J connectivity index is 3.12. The first-order valence-corrected chi connectivity index (χ1v) is 8.46. The van der Waals surface area contributed by atoms with Crippen molar-refractivity contribution in [2.24, 2.45) is 5.92 Å². The Labute approximate surface area is 149 Å². The van der Waals surface area contributed by atoms with E-state index in [1.807, 2.05) is 13.8 Å². The van der Waals surface area contributed by atoms with Crippen molar-refractivity contribution in [1.82, 2.24) is 0 Å². The second-order valence-corrected chi connectivity index (χ2v) is 6.55. The monoisotopic (exact) mass is 349 g/mol. The van der Waals surface area contributed by atoms with Gasteiger partial charge in [0.1, 0.15) is 5.75 Å². The smallest absolute Gasteiger partial charge is 0.344 e. The molecule has 1 aromatic carbocycles. The number of carbonyl (C=O) groups is 1. The van der Waals surface area contributed by atoms with Gasteiger partial charge in [0.15, 0.2) is 6.61 Å². The third kappa shape index (κ3) is 6.95. The molecule has 0 aliphatic rings. The lowest BCUT2D eigenvalue weighted by Gasteiger charge is -2.17. The molecule has 0 bridgehead atoms. The molecule has 0 amide bonds. The highest BCUT2D eigenvalue weighted by Crippen LogP contribution is 2.35. The van der Waals surface area contributed by atoms with Crippen molar-refractivity contribution >= 4 is 11.7 Å². The van der Waals surface area contributed by atoms with Crippen LogP contribution in [0.25, 0.3) is 0 Å². The lowest BCUT2D eigenvalue weighted by molar-refractivity contribution is -0.385. The number of benzene rings is 1. The molecule has 0 spiro atoms. The lowest BCUT2D eigenvalue weighted by Crippen LogP contribution is -2.14. The number of allylic oxidation sites excluding steroid dienone is 2. The molecule has 1 aromatic rings. The minimum absolute atomic E-state index is 0.00417. The van der Waals surface area contributed by atoms with Crippen molar-refractivity contribution in [3.8, 4) is 5.75 Å². The summed E-state index contributed by atoms with van der Waals surface area (Å²) in [4.78, 5) is 22.5. The lowest BCUT2D eigenvalue weighted by atomic mass is 9.88. The van der Waals surface area contributed by atoms with E-state index in [0.717, 1.165) is 12.0 Å². The maximum atomic E-state index is 11.5. The molecule has 0 radical (unpaired) electrons. The maximum Gasteiger partial charge on any atom is 0.344 e. The van der Waals surface area contributed by atoms with Crippen molar-refractivity contribution < 1.29 is 19.2 Å². The molecule has 0 aromatic heterocycles. The molecule has 1 unspecified atom stereocenters. The Hall–Kier alpha value is -2.37. The van der Waals surface area contributed by atoms with Gasteiger partial charge < -0.3 is 9.47 Å². The van der Waals surface area contributed by atoms with Gasteiger partial charge in [-0.15, -0.1) is 0 Å². The SMILES string of the molecule is CCOC(=O)COc1ccc(C(C=C(C)C)CC(C)C)c([N+](=O)[O-])c1. The Morgan fingerprint density at radius 3 is 2.52 bits per heavy atom. The Bertz CT molecular complexity index is 633. The molecule has 0 saturated heterocycles. The fourth-order valence-corrected chi connectivity index (χ4v) is 2.62. The van der Waals surface area contributed by atoms with Crippen molar-refractivity contribution in [3.05, 3.63) is 45.5 Å². The Kier molecular flexibility index (Phi) is 8.11. The molecule has 0 saturated carbocycles. The van der Waals surface area contributed by atoms with Crippen LogP contribution in [-0.4, -0.2) is 24.1 Å². The molecule has 1 atom stereocenters. The molecule has 0 aliphatic heterocycles. The number of nitrogens with zero attached hydrogens (tertiary/aromatic N) is 1. The fraction of sp³-hybridized carbons (Fsp3) is 0.526. The molecule has 6 heteroatoms. The first kappa shape index (κ1) is 20.7. The predicted molar refractivity (Wildman–Crippen MR) is 96.9 cm³/mol. The van der Waals surface area contributed by atoms with Crippen LogP contribution in [0.4, 0.5) is 5.69 Å². The Morgan fingerprint density at radius 1 is 1.32 bits per heavy atom. The molecule has 0 aliphatic carbocycles. The summed E-state index contributed by atoms with van der Waals surface area (Å²) in [5.41, 5.74) is 1.77. The molecular formula is C19H27NO5. The van der Waals surface area contributed by atoms with Gasteiger partial charge in [-0.1, -0.05) is 25.5 Å². The predicted octanol–water partition coefficient (Wildman–Crippen LogP) is 4.63. The van der Waals surface area contributed by atoms with E-state index >= 15 is 0 Å². The summed E-state index contributed by atoms with van der Waals surface area (Å²) < 4.78 is 10.1. The van der Waals surface area contributed by atoms with Crippen LogP contribution in [0.15, 0.2) is 29.8 Å². The quantitative estimate of drug-likeness (QED) is 0.281.